The molecule has 0 heterocycles. The van der Waals surface area contributed by atoms with E-state index in [4.69, 9.17) is 9.47 Å². The van der Waals surface area contributed by atoms with Crippen LogP contribution in [0.4, 0.5) is 17.1 Å². The molecule has 0 aromatic heterocycles. The Hall–Kier alpha value is -4.13. The van der Waals surface area contributed by atoms with Gasteiger partial charge in [0.1, 0.15) is 11.5 Å². The molecule has 0 aliphatic heterocycles. The van der Waals surface area contributed by atoms with E-state index in [2.05, 4.69) is 10.3 Å². The number of benzene rings is 3. The summed E-state index contributed by atoms with van der Waals surface area (Å²) in [5, 5.41) is 14.2. The molecule has 3 rings (SSSR count). The fourth-order valence-corrected chi connectivity index (χ4v) is 2.89. The normalized spacial score (nSPS) is 11.4. The van der Waals surface area contributed by atoms with Crippen LogP contribution in [0, 0.1) is 10.1 Å². The van der Waals surface area contributed by atoms with E-state index in [0.717, 1.165) is 34.0 Å². The minimum atomic E-state index is -0.417. The Labute approximate surface area is 187 Å². The smallest absolute Gasteiger partial charge is 0.269 e. The number of nitro groups is 1. The molecule has 0 radical (unpaired) electrons. The number of rotatable bonds is 10. The molecule has 3 aromatic rings. The lowest BCUT2D eigenvalue weighted by molar-refractivity contribution is -0.384. The second-order valence-electron chi connectivity index (χ2n) is 6.69. The molecule has 3 aromatic carbocycles. The maximum Gasteiger partial charge on any atom is 0.269 e. The van der Waals surface area contributed by atoms with Crippen LogP contribution in [0.25, 0.3) is 5.57 Å². The zero-order chi connectivity index (χ0) is 22.8. The van der Waals surface area contributed by atoms with Crippen molar-refractivity contribution in [3.63, 3.8) is 0 Å². The van der Waals surface area contributed by atoms with Gasteiger partial charge >= 0.3 is 0 Å². The van der Waals surface area contributed by atoms with E-state index < -0.39 is 4.92 Å². The predicted molar refractivity (Wildman–Crippen MR) is 128 cm³/mol. The summed E-state index contributed by atoms with van der Waals surface area (Å²) in [7, 11) is 0. The number of hydrogen-bond acceptors (Lipinski definition) is 6. The molecule has 0 unspecified atom stereocenters. The fraction of sp³-hybridized carbons (Fsp3) is 0.160. The van der Waals surface area contributed by atoms with Crippen LogP contribution in [-0.2, 0) is 0 Å². The first-order valence-electron chi connectivity index (χ1n) is 10.3. The van der Waals surface area contributed by atoms with Crippen LogP contribution < -0.4 is 14.8 Å². The van der Waals surface area contributed by atoms with Crippen molar-refractivity contribution in [1.29, 1.82) is 0 Å². The average Bonchev–Trinajstić information content (AvgIpc) is 2.81. The first-order valence-corrected chi connectivity index (χ1v) is 10.3. The summed E-state index contributed by atoms with van der Waals surface area (Å²) in [6.07, 6.45) is 3.54. The third-order valence-electron chi connectivity index (χ3n) is 4.47. The van der Waals surface area contributed by atoms with E-state index in [-0.39, 0.29) is 5.69 Å². The highest BCUT2D eigenvalue weighted by molar-refractivity contribution is 6.11. The monoisotopic (exact) mass is 431 g/mol. The van der Waals surface area contributed by atoms with E-state index in [1.165, 1.54) is 12.1 Å². The van der Waals surface area contributed by atoms with Gasteiger partial charge in [-0.2, -0.15) is 0 Å². The van der Waals surface area contributed by atoms with Crippen molar-refractivity contribution >= 4 is 28.8 Å². The number of ether oxygens (including phenoxy) is 2. The van der Waals surface area contributed by atoms with E-state index in [1.54, 1.807) is 18.3 Å². The highest BCUT2D eigenvalue weighted by atomic mass is 16.6. The molecule has 1 N–H and O–H groups in total. The summed E-state index contributed by atoms with van der Waals surface area (Å²) in [6, 6.07) is 21.4. The molecule has 164 valence electrons. The Morgan fingerprint density at radius 2 is 1.47 bits per heavy atom. The second kappa shape index (κ2) is 11.3. The quantitative estimate of drug-likeness (QED) is 0.233. The molecule has 0 amide bonds. The van der Waals surface area contributed by atoms with Crippen molar-refractivity contribution in [2.24, 2.45) is 4.99 Å². The molecular weight excluding hydrogens is 406 g/mol. The summed E-state index contributed by atoms with van der Waals surface area (Å²) < 4.78 is 10.9. The van der Waals surface area contributed by atoms with Gasteiger partial charge in [0.25, 0.3) is 5.69 Å². The van der Waals surface area contributed by atoms with Crippen molar-refractivity contribution in [2.45, 2.75) is 13.8 Å². The minimum Gasteiger partial charge on any atom is -0.494 e. The Bertz CT molecular complexity index is 1070. The number of nitrogens with one attached hydrogen (secondary N) is 1. The zero-order valence-electron chi connectivity index (χ0n) is 18.0. The molecule has 0 spiro atoms. The van der Waals surface area contributed by atoms with Crippen LogP contribution in [0.1, 0.15) is 19.4 Å². The van der Waals surface area contributed by atoms with Crippen molar-refractivity contribution in [2.75, 3.05) is 18.5 Å². The topological polar surface area (TPSA) is 86.0 Å². The number of aliphatic imine (C=N–C) groups is 1. The van der Waals surface area contributed by atoms with Crippen molar-refractivity contribution in [3.8, 4) is 11.5 Å². The largest absolute Gasteiger partial charge is 0.494 e. The van der Waals surface area contributed by atoms with Gasteiger partial charge in [0.2, 0.25) is 0 Å². The first kappa shape index (κ1) is 22.6. The summed E-state index contributed by atoms with van der Waals surface area (Å²) in [4.78, 5) is 15.1. The molecule has 7 nitrogen and oxygen atoms in total. The van der Waals surface area contributed by atoms with Gasteiger partial charge in [-0.25, -0.2) is 0 Å². The van der Waals surface area contributed by atoms with Crippen LogP contribution in [0.2, 0.25) is 0 Å². The standard InChI is InChI=1S/C25H25N3O4/c1-3-31-24-13-7-21(8-14-24)26-17-20(19-5-11-23(12-6-19)28(29)30)18-27-22-9-15-25(16-10-22)32-4-2/h5-18,26H,3-4H2,1-2H3. The van der Waals surface area contributed by atoms with Crippen LogP contribution >= 0.6 is 0 Å². The molecule has 0 saturated carbocycles. The highest BCUT2D eigenvalue weighted by Crippen LogP contribution is 2.22. The van der Waals surface area contributed by atoms with Gasteiger partial charge in [-0.15, -0.1) is 0 Å². The van der Waals surface area contributed by atoms with Gasteiger partial charge < -0.3 is 14.8 Å². The molecule has 0 atom stereocenters. The summed E-state index contributed by atoms with van der Waals surface area (Å²) in [5.74, 6) is 1.59. The third kappa shape index (κ3) is 6.43. The maximum absolute atomic E-state index is 11.0. The predicted octanol–water partition coefficient (Wildman–Crippen LogP) is 6.25. The van der Waals surface area contributed by atoms with Crippen LogP contribution in [0.3, 0.4) is 0 Å². The van der Waals surface area contributed by atoms with Crippen LogP contribution in [0.15, 0.2) is 84.0 Å². The molecular formula is C25H25N3O4. The first-order chi connectivity index (χ1) is 15.6. The van der Waals surface area contributed by atoms with E-state index in [1.807, 2.05) is 68.6 Å². The van der Waals surface area contributed by atoms with Gasteiger partial charge in [-0.3, -0.25) is 15.1 Å². The number of nitro benzene ring substituents is 1. The number of allylic oxidation sites excluding steroid dienone is 1. The third-order valence-corrected chi connectivity index (χ3v) is 4.47. The molecule has 0 bridgehead atoms. The Balaban J connectivity index is 1.84. The van der Waals surface area contributed by atoms with Crippen LogP contribution in [0.5, 0.6) is 11.5 Å². The van der Waals surface area contributed by atoms with Gasteiger partial charge in [0, 0.05) is 35.8 Å². The SMILES string of the molecule is CCOc1ccc(N=CC(=CNc2ccc(OCC)cc2)c2ccc([N+](=O)[O-])cc2)cc1. The lowest BCUT2D eigenvalue weighted by Crippen LogP contribution is -1.95. The Morgan fingerprint density at radius 3 is 2.00 bits per heavy atom. The molecule has 7 heteroatoms. The number of non-ortho nitro benzene ring substituents is 1. The van der Waals surface area contributed by atoms with Gasteiger partial charge in [0.05, 0.1) is 23.8 Å². The maximum atomic E-state index is 11.0. The molecule has 0 aliphatic rings. The Kier molecular flexibility index (Phi) is 7.97. The van der Waals surface area contributed by atoms with Gasteiger partial charge in [-0.05, 0) is 80.1 Å². The fourth-order valence-electron chi connectivity index (χ4n) is 2.89. The van der Waals surface area contributed by atoms with Crippen LogP contribution in [-0.4, -0.2) is 24.4 Å². The summed E-state index contributed by atoms with van der Waals surface area (Å²) in [6.45, 7) is 5.09. The van der Waals surface area contributed by atoms with E-state index in [9.17, 15) is 10.1 Å². The summed E-state index contributed by atoms with van der Waals surface area (Å²) >= 11 is 0. The molecule has 0 aliphatic carbocycles. The van der Waals surface area contributed by atoms with E-state index >= 15 is 0 Å². The van der Waals surface area contributed by atoms with Gasteiger partial charge in [-0.1, -0.05) is 0 Å². The highest BCUT2D eigenvalue weighted by Gasteiger charge is 2.06. The van der Waals surface area contributed by atoms with Crippen molar-refractivity contribution < 1.29 is 14.4 Å². The Morgan fingerprint density at radius 1 is 0.906 bits per heavy atom. The van der Waals surface area contributed by atoms with Crippen molar-refractivity contribution in [1.82, 2.24) is 0 Å². The summed E-state index contributed by atoms with van der Waals surface area (Å²) in [5.41, 5.74) is 3.24. The number of anilines is 1. The average molecular weight is 431 g/mol. The molecule has 32 heavy (non-hydrogen) atoms. The number of nitrogens with zero attached hydrogens (tertiary/aromatic N) is 2. The number of hydrogen-bond donors (Lipinski definition) is 1. The minimum absolute atomic E-state index is 0.0380. The van der Waals surface area contributed by atoms with Crippen molar-refractivity contribution in [3.05, 3.63) is 94.7 Å². The zero-order valence-corrected chi connectivity index (χ0v) is 18.0. The lowest BCUT2D eigenvalue weighted by Gasteiger charge is -2.07. The molecule has 0 fully saturated rings. The molecule has 0 saturated heterocycles. The van der Waals surface area contributed by atoms with Gasteiger partial charge in [0.15, 0.2) is 0 Å². The lowest BCUT2D eigenvalue weighted by atomic mass is 10.1. The second-order valence-corrected chi connectivity index (χ2v) is 6.69. The van der Waals surface area contributed by atoms with E-state index in [0.29, 0.717) is 13.2 Å².